The maximum absolute atomic E-state index is 5.82. The van der Waals surface area contributed by atoms with Gasteiger partial charge in [0, 0.05) is 50.8 Å². The normalized spacial score (nSPS) is 33.5. The van der Waals surface area contributed by atoms with Crippen LogP contribution < -0.4 is 5.32 Å². The molecule has 0 saturated carbocycles. The molecule has 20 heavy (non-hydrogen) atoms. The first-order valence-electron chi connectivity index (χ1n) is 8.40. The molecular formula is C16H33N3O. The van der Waals surface area contributed by atoms with Crippen molar-refractivity contribution in [3.63, 3.8) is 0 Å². The number of hydrogen-bond donors (Lipinski definition) is 1. The van der Waals surface area contributed by atoms with Gasteiger partial charge in [0.15, 0.2) is 0 Å². The lowest BCUT2D eigenvalue weighted by atomic mass is 9.81. The van der Waals surface area contributed by atoms with Gasteiger partial charge < -0.3 is 15.0 Å². The van der Waals surface area contributed by atoms with Crippen molar-refractivity contribution in [3.8, 4) is 0 Å². The maximum Gasteiger partial charge on any atom is 0.0546 e. The average Bonchev–Trinajstić information content (AvgIpc) is 2.48. The zero-order valence-corrected chi connectivity index (χ0v) is 13.7. The number of ether oxygens (including phenoxy) is 1. The monoisotopic (exact) mass is 283 g/mol. The van der Waals surface area contributed by atoms with Gasteiger partial charge >= 0.3 is 0 Å². The van der Waals surface area contributed by atoms with Crippen LogP contribution in [-0.4, -0.2) is 75.4 Å². The lowest BCUT2D eigenvalue weighted by molar-refractivity contribution is -0.0372. The van der Waals surface area contributed by atoms with Crippen LogP contribution in [-0.2, 0) is 4.74 Å². The van der Waals surface area contributed by atoms with Crippen LogP contribution in [0.4, 0.5) is 0 Å². The Morgan fingerprint density at radius 1 is 1.30 bits per heavy atom. The first-order valence-corrected chi connectivity index (χ1v) is 8.40. The second kappa shape index (κ2) is 7.74. The van der Waals surface area contributed by atoms with Crippen molar-refractivity contribution >= 4 is 0 Å². The highest BCUT2D eigenvalue weighted by Gasteiger charge is 2.36. The predicted octanol–water partition coefficient (Wildman–Crippen LogP) is 1.42. The van der Waals surface area contributed by atoms with E-state index in [1.54, 1.807) is 0 Å². The van der Waals surface area contributed by atoms with Crippen LogP contribution in [0.25, 0.3) is 0 Å². The summed E-state index contributed by atoms with van der Waals surface area (Å²) in [5.41, 5.74) is 0.336. The molecule has 2 atom stereocenters. The highest BCUT2D eigenvalue weighted by Crippen LogP contribution is 2.30. The molecule has 0 aliphatic carbocycles. The van der Waals surface area contributed by atoms with E-state index in [0.717, 1.165) is 32.3 Å². The van der Waals surface area contributed by atoms with E-state index in [-0.39, 0.29) is 0 Å². The Hall–Kier alpha value is -0.160. The molecule has 2 aliphatic rings. The summed E-state index contributed by atoms with van der Waals surface area (Å²) < 4.78 is 5.82. The minimum Gasteiger partial charge on any atom is -0.381 e. The van der Waals surface area contributed by atoms with Gasteiger partial charge in [0.25, 0.3) is 0 Å². The van der Waals surface area contributed by atoms with Crippen LogP contribution in [0.3, 0.4) is 0 Å². The molecule has 2 heterocycles. The summed E-state index contributed by atoms with van der Waals surface area (Å²) in [7, 11) is 2.27. The Labute approximate surface area is 124 Å². The van der Waals surface area contributed by atoms with Gasteiger partial charge in [0.2, 0.25) is 0 Å². The van der Waals surface area contributed by atoms with E-state index in [4.69, 9.17) is 4.74 Å². The molecule has 118 valence electrons. The Morgan fingerprint density at radius 3 is 2.80 bits per heavy atom. The lowest BCUT2D eigenvalue weighted by Crippen LogP contribution is -2.56. The molecule has 4 nitrogen and oxygen atoms in total. The largest absolute Gasteiger partial charge is 0.381 e. The second-order valence-corrected chi connectivity index (χ2v) is 6.71. The van der Waals surface area contributed by atoms with Crippen molar-refractivity contribution in [2.45, 2.75) is 39.2 Å². The third-order valence-corrected chi connectivity index (χ3v) is 5.05. The van der Waals surface area contributed by atoms with E-state index >= 15 is 0 Å². The molecule has 4 heteroatoms. The smallest absolute Gasteiger partial charge is 0.0546 e. The Balaban J connectivity index is 1.93. The molecule has 2 aliphatic heterocycles. The average molecular weight is 283 g/mol. The van der Waals surface area contributed by atoms with E-state index in [1.165, 1.54) is 45.4 Å². The van der Waals surface area contributed by atoms with E-state index in [0.29, 0.717) is 5.41 Å². The lowest BCUT2D eigenvalue weighted by Gasteiger charge is -2.45. The van der Waals surface area contributed by atoms with Crippen LogP contribution in [0.15, 0.2) is 0 Å². The third-order valence-electron chi connectivity index (χ3n) is 5.05. The van der Waals surface area contributed by atoms with Gasteiger partial charge in [-0.25, -0.2) is 0 Å². The van der Waals surface area contributed by atoms with Crippen LogP contribution in [0.2, 0.25) is 0 Å². The van der Waals surface area contributed by atoms with Crippen molar-refractivity contribution in [3.05, 3.63) is 0 Å². The summed E-state index contributed by atoms with van der Waals surface area (Å²) in [5, 5.41) is 3.57. The molecule has 0 bridgehead atoms. The van der Waals surface area contributed by atoms with Gasteiger partial charge in [-0.2, -0.15) is 0 Å². The van der Waals surface area contributed by atoms with Crippen LogP contribution >= 0.6 is 0 Å². The molecule has 2 rings (SSSR count). The fourth-order valence-electron chi connectivity index (χ4n) is 3.69. The molecule has 2 saturated heterocycles. The first-order chi connectivity index (χ1) is 9.69. The van der Waals surface area contributed by atoms with E-state index in [1.807, 2.05) is 0 Å². The Bertz CT molecular complexity index is 279. The number of piperazine rings is 1. The third kappa shape index (κ3) is 4.17. The summed E-state index contributed by atoms with van der Waals surface area (Å²) in [4.78, 5) is 5.20. The quantitative estimate of drug-likeness (QED) is 0.798. The van der Waals surface area contributed by atoms with Crippen molar-refractivity contribution < 1.29 is 4.74 Å². The van der Waals surface area contributed by atoms with E-state index in [2.05, 4.69) is 36.0 Å². The van der Waals surface area contributed by atoms with Crippen LogP contribution in [0.1, 0.15) is 33.1 Å². The molecule has 0 spiro atoms. The molecule has 2 unspecified atom stereocenters. The molecule has 0 radical (unpaired) electrons. The maximum atomic E-state index is 5.82. The van der Waals surface area contributed by atoms with Gasteiger partial charge in [0.05, 0.1) is 6.61 Å². The summed E-state index contributed by atoms with van der Waals surface area (Å²) in [5.74, 6) is 0. The van der Waals surface area contributed by atoms with Gasteiger partial charge in [-0.05, 0) is 32.9 Å². The number of rotatable bonds is 6. The number of hydrogen-bond acceptors (Lipinski definition) is 4. The molecule has 0 aromatic rings. The highest BCUT2D eigenvalue weighted by atomic mass is 16.5. The Morgan fingerprint density at radius 2 is 2.15 bits per heavy atom. The van der Waals surface area contributed by atoms with Gasteiger partial charge in [-0.15, -0.1) is 0 Å². The summed E-state index contributed by atoms with van der Waals surface area (Å²) >= 11 is 0. The van der Waals surface area contributed by atoms with Gasteiger partial charge in [-0.1, -0.05) is 13.8 Å². The first kappa shape index (κ1) is 16.2. The molecule has 0 aromatic heterocycles. The van der Waals surface area contributed by atoms with E-state index < -0.39 is 0 Å². The van der Waals surface area contributed by atoms with Gasteiger partial charge in [0.1, 0.15) is 0 Å². The van der Waals surface area contributed by atoms with Crippen LogP contribution in [0.5, 0.6) is 0 Å². The van der Waals surface area contributed by atoms with Gasteiger partial charge in [-0.3, -0.25) is 4.90 Å². The van der Waals surface area contributed by atoms with Crippen molar-refractivity contribution in [2.24, 2.45) is 5.41 Å². The highest BCUT2D eigenvalue weighted by molar-refractivity contribution is 4.90. The van der Waals surface area contributed by atoms with Crippen molar-refractivity contribution in [1.29, 1.82) is 0 Å². The standard InChI is InChI=1S/C16H33N3O/c1-4-15-11-19(9-8-18(15)3)13-16(12-17-5-2)7-6-10-20-14-16/h15,17H,4-14H2,1-3H3. The number of nitrogens with zero attached hydrogens (tertiary/aromatic N) is 2. The van der Waals surface area contributed by atoms with E-state index in [9.17, 15) is 0 Å². The number of nitrogens with one attached hydrogen (secondary N) is 1. The number of likely N-dealkylation sites (N-methyl/N-ethyl adjacent to an activating group) is 1. The molecule has 1 N–H and O–H groups in total. The molecule has 0 aromatic carbocycles. The zero-order valence-electron chi connectivity index (χ0n) is 13.7. The van der Waals surface area contributed by atoms with Crippen molar-refractivity contribution in [2.75, 3.05) is 59.5 Å². The minimum absolute atomic E-state index is 0.336. The molecular weight excluding hydrogens is 250 g/mol. The summed E-state index contributed by atoms with van der Waals surface area (Å²) in [6.07, 6.45) is 3.78. The SMILES string of the molecule is CCNCC1(CN2CCN(C)C(CC)C2)CCCOC1. The summed E-state index contributed by atoms with van der Waals surface area (Å²) in [6, 6.07) is 0.726. The zero-order chi connectivity index (χ0) is 14.4. The van der Waals surface area contributed by atoms with Crippen LogP contribution in [0, 0.1) is 5.41 Å². The predicted molar refractivity (Wildman–Crippen MR) is 84.2 cm³/mol. The topological polar surface area (TPSA) is 27.7 Å². The minimum atomic E-state index is 0.336. The molecule has 0 amide bonds. The second-order valence-electron chi connectivity index (χ2n) is 6.71. The molecule has 2 fully saturated rings. The Kier molecular flexibility index (Phi) is 6.27. The fraction of sp³-hybridized carbons (Fsp3) is 1.00. The van der Waals surface area contributed by atoms with Crippen molar-refractivity contribution in [1.82, 2.24) is 15.1 Å². The summed E-state index contributed by atoms with van der Waals surface area (Å²) in [6.45, 7) is 13.4. The fourth-order valence-corrected chi connectivity index (χ4v) is 3.69.